The lowest BCUT2D eigenvalue weighted by molar-refractivity contribution is -0.141. The molecule has 0 radical (unpaired) electrons. The highest BCUT2D eigenvalue weighted by molar-refractivity contribution is 5.89. The lowest BCUT2D eigenvalue weighted by Crippen LogP contribution is -2.56. The fraction of sp³-hybridized carbons (Fsp3) is 0.875. The van der Waals surface area contributed by atoms with E-state index in [2.05, 4.69) is 5.32 Å². The number of nitrogens with zero attached hydrogens (tertiary/aromatic N) is 2. The minimum atomic E-state index is -0.298. The first-order valence-electron chi connectivity index (χ1n) is 8.54. The standard InChI is InChI=1S/C16H27N3O2.ClH/c20-15(18-8-3-1-2-4-9-18)11-14-16(21)19(10-7-17-14)12-13-5-6-13;/h13-14,17H,1-12H2;1H. The van der Waals surface area contributed by atoms with Crippen LogP contribution >= 0.6 is 12.4 Å². The number of piperazine rings is 1. The van der Waals surface area contributed by atoms with E-state index in [-0.39, 0.29) is 30.3 Å². The zero-order valence-corrected chi connectivity index (χ0v) is 14.1. The summed E-state index contributed by atoms with van der Waals surface area (Å²) in [6.07, 6.45) is 7.50. The molecule has 0 aromatic heterocycles. The molecule has 1 unspecified atom stereocenters. The summed E-state index contributed by atoms with van der Waals surface area (Å²) in [5.74, 6) is 1.00. The number of hydrogen-bond donors (Lipinski definition) is 1. The van der Waals surface area contributed by atoms with E-state index < -0.39 is 0 Å². The Balaban J connectivity index is 0.00000176. The van der Waals surface area contributed by atoms with Crippen molar-refractivity contribution < 1.29 is 9.59 Å². The molecule has 1 N–H and O–H groups in total. The molecule has 22 heavy (non-hydrogen) atoms. The molecule has 3 aliphatic rings. The van der Waals surface area contributed by atoms with Crippen LogP contribution in [0.15, 0.2) is 0 Å². The molecule has 3 fully saturated rings. The van der Waals surface area contributed by atoms with Crippen LogP contribution in [-0.4, -0.2) is 60.4 Å². The third-order valence-electron chi connectivity index (χ3n) is 4.90. The van der Waals surface area contributed by atoms with Crippen LogP contribution in [0.25, 0.3) is 0 Å². The second-order valence-corrected chi connectivity index (χ2v) is 6.73. The highest BCUT2D eigenvalue weighted by Gasteiger charge is 2.34. The lowest BCUT2D eigenvalue weighted by Gasteiger charge is -2.34. The van der Waals surface area contributed by atoms with Crippen molar-refractivity contribution in [3.63, 3.8) is 0 Å². The molecule has 1 aliphatic carbocycles. The van der Waals surface area contributed by atoms with E-state index in [1.165, 1.54) is 25.7 Å². The molecule has 3 rings (SSSR count). The first kappa shape index (κ1) is 17.5. The van der Waals surface area contributed by atoms with Crippen LogP contribution < -0.4 is 5.32 Å². The van der Waals surface area contributed by atoms with E-state index in [4.69, 9.17) is 0 Å². The summed E-state index contributed by atoms with van der Waals surface area (Å²) in [6, 6.07) is -0.298. The highest BCUT2D eigenvalue weighted by Crippen LogP contribution is 2.30. The van der Waals surface area contributed by atoms with Gasteiger partial charge in [0, 0.05) is 32.7 Å². The molecule has 1 saturated carbocycles. The second-order valence-electron chi connectivity index (χ2n) is 6.73. The van der Waals surface area contributed by atoms with Gasteiger partial charge in [-0.25, -0.2) is 0 Å². The summed E-state index contributed by atoms with van der Waals surface area (Å²) < 4.78 is 0. The van der Waals surface area contributed by atoms with Crippen molar-refractivity contribution in [2.45, 2.75) is 51.0 Å². The van der Waals surface area contributed by atoms with Gasteiger partial charge in [0.2, 0.25) is 11.8 Å². The molecule has 0 aromatic rings. The van der Waals surface area contributed by atoms with Gasteiger partial charge < -0.3 is 15.1 Å². The van der Waals surface area contributed by atoms with Crippen LogP contribution in [0.1, 0.15) is 44.9 Å². The van der Waals surface area contributed by atoms with E-state index >= 15 is 0 Å². The summed E-state index contributed by atoms with van der Waals surface area (Å²) in [4.78, 5) is 28.8. The average molecular weight is 330 g/mol. The quantitative estimate of drug-likeness (QED) is 0.848. The van der Waals surface area contributed by atoms with Crippen molar-refractivity contribution in [2.75, 3.05) is 32.7 Å². The van der Waals surface area contributed by atoms with Crippen LogP contribution in [0, 0.1) is 5.92 Å². The van der Waals surface area contributed by atoms with Gasteiger partial charge in [-0.3, -0.25) is 9.59 Å². The van der Waals surface area contributed by atoms with Crippen molar-refractivity contribution in [3.05, 3.63) is 0 Å². The van der Waals surface area contributed by atoms with Crippen LogP contribution in [0.2, 0.25) is 0 Å². The lowest BCUT2D eigenvalue weighted by atomic mass is 10.1. The molecule has 2 saturated heterocycles. The van der Waals surface area contributed by atoms with Gasteiger partial charge in [-0.15, -0.1) is 12.4 Å². The summed E-state index contributed by atoms with van der Waals surface area (Å²) in [5, 5.41) is 3.24. The van der Waals surface area contributed by atoms with Crippen molar-refractivity contribution in [1.29, 1.82) is 0 Å². The fourth-order valence-corrected chi connectivity index (χ4v) is 3.37. The fourth-order valence-electron chi connectivity index (χ4n) is 3.37. The molecular formula is C16H28ClN3O2. The highest BCUT2D eigenvalue weighted by atomic mass is 35.5. The second kappa shape index (κ2) is 8.16. The largest absolute Gasteiger partial charge is 0.343 e. The maximum Gasteiger partial charge on any atom is 0.240 e. The van der Waals surface area contributed by atoms with Gasteiger partial charge in [0.15, 0.2) is 0 Å². The molecule has 2 heterocycles. The Morgan fingerprint density at radius 1 is 1.09 bits per heavy atom. The first-order chi connectivity index (χ1) is 10.2. The number of carbonyl (C=O) groups is 2. The predicted octanol–water partition coefficient (Wildman–Crippen LogP) is 1.41. The van der Waals surface area contributed by atoms with Crippen LogP contribution in [0.5, 0.6) is 0 Å². The predicted molar refractivity (Wildman–Crippen MR) is 88.0 cm³/mol. The third kappa shape index (κ3) is 4.59. The summed E-state index contributed by atoms with van der Waals surface area (Å²) in [5.41, 5.74) is 0. The normalized spacial score (nSPS) is 26.4. The van der Waals surface area contributed by atoms with E-state index in [1.54, 1.807) is 0 Å². The number of halogens is 1. The van der Waals surface area contributed by atoms with Crippen LogP contribution in [-0.2, 0) is 9.59 Å². The number of carbonyl (C=O) groups excluding carboxylic acids is 2. The Morgan fingerprint density at radius 3 is 2.41 bits per heavy atom. The molecule has 0 bridgehead atoms. The monoisotopic (exact) mass is 329 g/mol. The van der Waals surface area contributed by atoms with Gasteiger partial charge in [0.25, 0.3) is 0 Å². The van der Waals surface area contributed by atoms with E-state index in [0.29, 0.717) is 12.3 Å². The maximum atomic E-state index is 12.5. The average Bonchev–Trinajstić information content (AvgIpc) is 3.29. The Hall–Kier alpha value is -0.810. The van der Waals surface area contributed by atoms with Gasteiger partial charge in [0.1, 0.15) is 0 Å². The van der Waals surface area contributed by atoms with Gasteiger partial charge in [-0.1, -0.05) is 12.8 Å². The van der Waals surface area contributed by atoms with Gasteiger partial charge in [0.05, 0.1) is 12.5 Å². The minimum Gasteiger partial charge on any atom is -0.343 e. The molecule has 1 atom stereocenters. The van der Waals surface area contributed by atoms with Crippen molar-refractivity contribution >= 4 is 24.2 Å². The molecule has 126 valence electrons. The van der Waals surface area contributed by atoms with Crippen molar-refractivity contribution in [1.82, 2.24) is 15.1 Å². The summed E-state index contributed by atoms with van der Waals surface area (Å²) >= 11 is 0. The molecule has 5 nitrogen and oxygen atoms in total. The van der Waals surface area contributed by atoms with Crippen LogP contribution in [0.3, 0.4) is 0 Å². The summed E-state index contributed by atoms with van der Waals surface area (Å²) in [6.45, 7) is 4.24. The first-order valence-corrected chi connectivity index (χ1v) is 8.54. The zero-order chi connectivity index (χ0) is 14.7. The number of likely N-dealkylation sites (tertiary alicyclic amines) is 1. The number of rotatable bonds is 4. The van der Waals surface area contributed by atoms with Crippen molar-refractivity contribution in [3.8, 4) is 0 Å². The molecule has 0 aromatic carbocycles. The number of hydrogen-bond acceptors (Lipinski definition) is 3. The van der Waals surface area contributed by atoms with E-state index in [0.717, 1.165) is 45.6 Å². The van der Waals surface area contributed by atoms with Gasteiger partial charge in [-0.2, -0.15) is 0 Å². The Morgan fingerprint density at radius 2 is 1.77 bits per heavy atom. The van der Waals surface area contributed by atoms with E-state index in [9.17, 15) is 9.59 Å². The van der Waals surface area contributed by atoms with Gasteiger partial charge in [-0.05, 0) is 31.6 Å². The SMILES string of the molecule is Cl.O=C(CC1NCCN(CC2CC2)C1=O)N1CCCCCC1. The van der Waals surface area contributed by atoms with E-state index in [1.807, 2.05) is 9.80 Å². The van der Waals surface area contributed by atoms with Crippen LogP contribution in [0.4, 0.5) is 0 Å². The molecule has 6 heteroatoms. The number of nitrogens with one attached hydrogen (secondary N) is 1. The minimum absolute atomic E-state index is 0. The topological polar surface area (TPSA) is 52.7 Å². The Bertz CT molecular complexity index is 393. The number of amides is 2. The Kier molecular flexibility index (Phi) is 6.50. The Labute approximate surface area is 139 Å². The van der Waals surface area contributed by atoms with Gasteiger partial charge >= 0.3 is 0 Å². The summed E-state index contributed by atoms with van der Waals surface area (Å²) in [7, 11) is 0. The third-order valence-corrected chi connectivity index (χ3v) is 4.90. The molecule has 2 amide bonds. The molecular weight excluding hydrogens is 302 g/mol. The smallest absolute Gasteiger partial charge is 0.240 e. The molecule has 0 spiro atoms. The molecule has 2 aliphatic heterocycles. The maximum absolute atomic E-state index is 12.5. The van der Waals surface area contributed by atoms with Crippen molar-refractivity contribution in [2.24, 2.45) is 5.92 Å². The zero-order valence-electron chi connectivity index (χ0n) is 13.3.